The van der Waals surface area contributed by atoms with Gasteiger partial charge in [-0.05, 0) is 37.1 Å². The van der Waals surface area contributed by atoms with E-state index < -0.39 is 0 Å². The number of thiazole rings is 1. The van der Waals surface area contributed by atoms with Gasteiger partial charge in [0.05, 0.1) is 17.7 Å². The summed E-state index contributed by atoms with van der Waals surface area (Å²) in [5, 5.41) is 3.48. The third-order valence-corrected chi connectivity index (χ3v) is 4.16. The van der Waals surface area contributed by atoms with Crippen molar-refractivity contribution in [3.63, 3.8) is 0 Å². The summed E-state index contributed by atoms with van der Waals surface area (Å²) in [4.78, 5) is 5.56. The predicted molar refractivity (Wildman–Crippen MR) is 77.7 cm³/mol. The molecule has 0 saturated carbocycles. The Bertz CT molecular complexity index is 508. The van der Waals surface area contributed by atoms with Gasteiger partial charge in [0.15, 0.2) is 0 Å². The Morgan fingerprint density at radius 2 is 2.24 bits per heavy atom. The van der Waals surface area contributed by atoms with Gasteiger partial charge in [0, 0.05) is 15.0 Å². The van der Waals surface area contributed by atoms with E-state index in [9.17, 15) is 0 Å². The molecule has 0 saturated heterocycles. The second-order valence-corrected chi connectivity index (χ2v) is 5.72. The molecule has 90 valence electrons. The number of halogens is 1. The minimum atomic E-state index is 0.852. The first-order valence-electron chi connectivity index (χ1n) is 5.62. The van der Waals surface area contributed by atoms with E-state index in [1.54, 1.807) is 11.3 Å². The van der Waals surface area contributed by atoms with Crippen LogP contribution in [0.3, 0.4) is 0 Å². The molecule has 2 rings (SSSR count). The van der Waals surface area contributed by atoms with Crippen molar-refractivity contribution in [2.45, 2.75) is 26.8 Å². The number of aromatic nitrogens is 1. The molecular formula is C13H15BrN2S. The molecule has 0 aliphatic heterocycles. The van der Waals surface area contributed by atoms with Gasteiger partial charge in [-0.1, -0.05) is 22.9 Å². The molecule has 4 heteroatoms. The minimum Gasteiger partial charge on any atom is -0.380 e. The summed E-state index contributed by atoms with van der Waals surface area (Å²) in [6.45, 7) is 5.08. The Hall–Kier alpha value is -0.870. The molecule has 0 radical (unpaired) electrons. The van der Waals surface area contributed by atoms with Crippen LogP contribution in [0, 0.1) is 6.92 Å². The molecule has 1 N–H and O–H groups in total. The monoisotopic (exact) mass is 310 g/mol. The molecule has 0 aliphatic rings. The third-order valence-electron chi connectivity index (χ3n) is 2.73. The molecule has 1 heterocycles. The number of aryl methyl sites for hydroxylation is 2. The average molecular weight is 311 g/mol. The van der Waals surface area contributed by atoms with E-state index in [4.69, 9.17) is 0 Å². The van der Waals surface area contributed by atoms with Crippen LogP contribution < -0.4 is 5.32 Å². The maximum atomic E-state index is 4.26. The lowest BCUT2D eigenvalue weighted by atomic mass is 10.1. The molecule has 1 aromatic carbocycles. The van der Waals surface area contributed by atoms with Gasteiger partial charge in [-0.3, -0.25) is 0 Å². The first kappa shape index (κ1) is 12.6. The quantitative estimate of drug-likeness (QED) is 0.906. The average Bonchev–Trinajstić information content (AvgIpc) is 2.73. The van der Waals surface area contributed by atoms with Gasteiger partial charge >= 0.3 is 0 Å². The van der Waals surface area contributed by atoms with Gasteiger partial charge in [0.2, 0.25) is 0 Å². The van der Waals surface area contributed by atoms with Crippen molar-refractivity contribution in [1.29, 1.82) is 0 Å². The fourth-order valence-corrected chi connectivity index (χ4v) is 2.82. The number of hydrogen-bond donors (Lipinski definition) is 1. The largest absolute Gasteiger partial charge is 0.380 e. The lowest BCUT2D eigenvalue weighted by Crippen LogP contribution is -2.01. The number of benzene rings is 1. The van der Waals surface area contributed by atoms with E-state index in [0.717, 1.165) is 23.1 Å². The van der Waals surface area contributed by atoms with Gasteiger partial charge in [-0.15, -0.1) is 11.3 Å². The van der Waals surface area contributed by atoms with Gasteiger partial charge in [0.1, 0.15) is 0 Å². The zero-order valence-corrected chi connectivity index (χ0v) is 12.4. The summed E-state index contributed by atoms with van der Waals surface area (Å²) in [6, 6.07) is 6.36. The summed E-state index contributed by atoms with van der Waals surface area (Å²) in [7, 11) is 0. The molecule has 0 amide bonds. The first-order chi connectivity index (χ1) is 8.20. The lowest BCUT2D eigenvalue weighted by Gasteiger charge is -2.10. The van der Waals surface area contributed by atoms with Gasteiger partial charge in [-0.25, -0.2) is 4.98 Å². The molecule has 1 aromatic heterocycles. The highest BCUT2D eigenvalue weighted by Crippen LogP contribution is 2.23. The highest BCUT2D eigenvalue weighted by Gasteiger charge is 2.04. The Labute approximate surface area is 114 Å². The summed E-state index contributed by atoms with van der Waals surface area (Å²) in [6.07, 6.45) is 1.03. The number of rotatable bonds is 4. The van der Waals surface area contributed by atoms with E-state index in [-0.39, 0.29) is 0 Å². The van der Waals surface area contributed by atoms with Gasteiger partial charge in [0.25, 0.3) is 0 Å². The van der Waals surface area contributed by atoms with Gasteiger partial charge in [-0.2, -0.15) is 0 Å². The smallest absolute Gasteiger partial charge is 0.0798 e. The van der Waals surface area contributed by atoms with Crippen molar-refractivity contribution in [3.05, 3.63) is 44.3 Å². The summed E-state index contributed by atoms with van der Waals surface area (Å²) >= 11 is 5.21. The van der Waals surface area contributed by atoms with Crippen LogP contribution in [0.5, 0.6) is 0 Å². The third kappa shape index (κ3) is 3.07. The molecule has 0 bridgehead atoms. The minimum absolute atomic E-state index is 0.852. The fraction of sp³-hybridized carbons (Fsp3) is 0.308. The maximum Gasteiger partial charge on any atom is 0.0798 e. The molecular weight excluding hydrogens is 296 g/mol. The Kier molecular flexibility index (Phi) is 4.18. The SMILES string of the molecule is CCc1cc(Br)ccc1NCc1scnc1C. The molecule has 0 atom stereocenters. The van der Waals surface area contributed by atoms with E-state index in [1.807, 2.05) is 5.51 Å². The van der Waals surface area contributed by atoms with Crippen LogP contribution in [0.4, 0.5) is 5.69 Å². The molecule has 0 unspecified atom stereocenters. The number of nitrogens with one attached hydrogen (secondary N) is 1. The van der Waals surface area contributed by atoms with Crippen LogP contribution >= 0.6 is 27.3 Å². The number of anilines is 1. The molecule has 0 aliphatic carbocycles. The zero-order chi connectivity index (χ0) is 12.3. The normalized spacial score (nSPS) is 10.5. The predicted octanol–water partition coefficient (Wildman–Crippen LogP) is 4.39. The Balaban J connectivity index is 2.11. The molecule has 17 heavy (non-hydrogen) atoms. The fourth-order valence-electron chi connectivity index (χ4n) is 1.70. The van der Waals surface area contributed by atoms with Crippen LogP contribution in [0.25, 0.3) is 0 Å². The van der Waals surface area contributed by atoms with Crippen LogP contribution in [-0.2, 0) is 13.0 Å². The van der Waals surface area contributed by atoms with E-state index in [0.29, 0.717) is 0 Å². The summed E-state index contributed by atoms with van der Waals surface area (Å²) in [5.41, 5.74) is 5.57. The van der Waals surface area contributed by atoms with Crippen LogP contribution in [-0.4, -0.2) is 4.98 Å². The van der Waals surface area contributed by atoms with Crippen molar-refractivity contribution in [3.8, 4) is 0 Å². The topological polar surface area (TPSA) is 24.9 Å². The molecule has 0 fully saturated rings. The first-order valence-corrected chi connectivity index (χ1v) is 7.29. The standard InChI is InChI=1S/C13H15BrN2S/c1-3-10-6-11(14)4-5-12(10)15-7-13-9(2)16-8-17-13/h4-6,8,15H,3,7H2,1-2H3. The zero-order valence-electron chi connectivity index (χ0n) is 9.96. The molecule has 2 aromatic rings. The lowest BCUT2D eigenvalue weighted by molar-refractivity contribution is 1.08. The van der Waals surface area contributed by atoms with E-state index in [1.165, 1.54) is 16.1 Å². The Morgan fingerprint density at radius 3 is 2.88 bits per heavy atom. The van der Waals surface area contributed by atoms with Crippen molar-refractivity contribution < 1.29 is 0 Å². The number of nitrogens with zero attached hydrogens (tertiary/aromatic N) is 1. The highest BCUT2D eigenvalue weighted by atomic mass is 79.9. The van der Waals surface area contributed by atoms with E-state index in [2.05, 4.69) is 58.3 Å². The Morgan fingerprint density at radius 1 is 1.41 bits per heavy atom. The van der Waals surface area contributed by atoms with Crippen LogP contribution in [0.2, 0.25) is 0 Å². The summed E-state index contributed by atoms with van der Waals surface area (Å²) in [5.74, 6) is 0. The second kappa shape index (κ2) is 5.65. The van der Waals surface area contributed by atoms with Crippen LogP contribution in [0.1, 0.15) is 23.1 Å². The van der Waals surface area contributed by atoms with Crippen LogP contribution in [0.15, 0.2) is 28.2 Å². The molecule has 2 nitrogen and oxygen atoms in total. The van der Waals surface area contributed by atoms with E-state index >= 15 is 0 Å². The highest BCUT2D eigenvalue weighted by molar-refractivity contribution is 9.10. The summed E-state index contributed by atoms with van der Waals surface area (Å²) < 4.78 is 1.13. The van der Waals surface area contributed by atoms with Crippen molar-refractivity contribution >= 4 is 33.0 Å². The maximum absolute atomic E-state index is 4.26. The molecule has 0 spiro atoms. The van der Waals surface area contributed by atoms with Crippen molar-refractivity contribution in [1.82, 2.24) is 4.98 Å². The second-order valence-electron chi connectivity index (χ2n) is 3.87. The van der Waals surface area contributed by atoms with Gasteiger partial charge < -0.3 is 5.32 Å². The van der Waals surface area contributed by atoms with Crippen molar-refractivity contribution in [2.24, 2.45) is 0 Å². The van der Waals surface area contributed by atoms with Crippen molar-refractivity contribution in [2.75, 3.05) is 5.32 Å². The number of hydrogen-bond acceptors (Lipinski definition) is 3.